The van der Waals surface area contributed by atoms with E-state index in [2.05, 4.69) is 20.8 Å². The summed E-state index contributed by atoms with van der Waals surface area (Å²) in [4.78, 5) is 32.7. The molecule has 0 bridgehead atoms. The van der Waals surface area contributed by atoms with Crippen molar-refractivity contribution in [3.05, 3.63) is 34.3 Å². The number of benzene rings is 1. The minimum absolute atomic E-state index is 0.0191. The Bertz CT molecular complexity index is 722. The second-order valence-electron chi connectivity index (χ2n) is 9.15. The van der Waals surface area contributed by atoms with E-state index in [1.54, 1.807) is 4.90 Å². The van der Waals surface area contributed by atoms with Crippen LogP contribution in [0.3, 0.4) is 0 Å². The lowest BCUT2D eigenvalue weighted by Gasteiger charge is -2.37. The first kappa shape index (κ1) is 21.8. The second-order valence-corrected chi connectivity index (χ2v) is 10.1. The van der Waals surface area contributed by atoms with Crippen LogP contribution in [0, 0.1) is 5.92 Å². The van der Waals surface area contributed by atoms with E-state index in [9.17, 15) is 9.59 Å². The minimum Gasteiger partial charge on any atom is -0.341 e. The van der Waals surface area contributed by atoms with Crippen LogP contribution in [-0.2, 0) is 4.79 Å². The van der Waals surface area contributed by atoms with Crippen molar-refractivity contribution in [2.45, 2.75) is 57.4 Å². The molecule has 1 unspecified atom stereocenters. The van der Waals surface area contributed by atoms with Gasteiger partial charge in [-0.2, -0.15) is 0 Å². The highest BCUT2D eigenvalue weighted by atomic mass is 79.9. The molecule has 164 valence electrons. The van der Waals surface area contributed by atoms with Crippen LogP contribution in [0.25, 0.3) is 0 Å². The number of amides is 2. The van der Waals surface area contributed by atoms with Gasteiger partial charge >= 0.3 is 0 Å². The first-order valence-corrected chi connectivity index (χ1v) is 12.5. The first-order valence-electron chi connectivity index (χ1n) is 11.7. The van der Waals surface area contributed by atoms with Crippen molar-refractivity contribution in [2.75, 3.05) is 39.3 Å². The lowest BCUT2D eigenvalue weighted by molar-refractivity contribution is -0.136. The summed E-state index contributed by atoms with van der Waals surface area (Å²) in [6.45, 7) is 6.04. The molecule has 0 spiro atoms. The standard InChI is InChI=1S/C24H34BrN3O2/c25-21-9-7-20(8-10-21)23(29)28-15-5-6-22(28)24(30)27-16-11-19(12-17-27)18-26-13-3-1-2-4-14-26/h7-10,19,22H,1-6,11-18H2. The van der Waals surface area contributed by atoms with Crippen LogP contribution in [0.2, 0.25) is 0 Å². The Balaban J connectivity index is 1.30. The van der Waals surface area contributed by atoms with E-state index in [0.717, 1.165) is 43.2 Å². The van der Waals surface area contributed by atoms with Gasteiger partial charge in [0.2, 0.25) is 5.91 Å². The van der Waals surface area contributed by atoms with Gasteiger partial charge < -0.3 is 14.7 Å². The molecule has 0 N–H and O–H groups in total. The van der Waals surface area contributed by atoms with Crippen LogP contribution < -0.4 is 0 Å². The number of halogens is 1. The molecule has 5 nitrogen and oxygen atoms in total. The van der Waals surface area contributed by atoms with Gasteiger partial charge in [0.25, 0.3) is 5.91 Å². The van der Waals surface area contributed by atoms with Gasteiger partial charge in [-0.1, -0.05) is 28.8 Å². The molecule has 1 aromatic rings. The van der Waals surface area contributed by atoms with Gasteiger partial charge in [0.1, 0.15) is 6.04 Å². The monoisotopic (exact) mass is 475 g/mol. The minimum atomic E-state index is -0.289. The number of piperidine rings is 1. The Morgan fingerprint density at radius 2 is 1.50 bits per heavy atom. The average Bonchev–Trinajstić information content (AvgIpc) is 3.12. The zero-order valence-electron chi connectivity index (χ0n) is 17.9. The van der Waals surface area contributed by atoms with E-state index in [1.165, 1.54) is 45.3 Å². The lowest BCUT2D eigenvalue weighted by Crippen LogP contribution is -2.50. The van der Waals surface area contributed by atoms with Crippen molar-refractivity contribution in [1.82, 2.24) is 14.7 Å². The molecule has 30 heavy (non-hydrogen) atoms. The zero-order valence-corrected chi connectivity index (χ0v) is 19.5. The van der Waals surface area contributed by atoms with Crippen LogP contribution in [0.5, 0.6) is 0 Å². The largest absolute Gasteiger partial charge is 0.341 e. The Hall–Kier alpha value is -1.40. The predicted octanol–water partition coefficient (Wildman–Crippen LogP) is 4.17. The third-order valence-electron chi connectivity index (χ3n) is 7.03. The lowest BCUT2D eigenvalue weighted by atomic mass is 9.95. The third-order valence-corrected chi connectivity index (χ3v) is 7.56. The molecule has 0 aliphatic carbocycles. The summed E-state index contributed by atoms with van der Waals surface area (Å²) in [5, 5.41) is 0. The number of carbonyl (C=O) groups excluding carboxylic acids is 2. The van der Waals surface area contributed by atoms with E-state index in [0.29, 0.717) is 18.0 Å². The van der Waals surface area contributed by atoms with E-state index < -0.39 is 0 Å². The van der Waals surface area contributed by atoms with Crippen molar-refractivity contribution in [3.63, 3.8) is 0 Å². The highest BCUT2D eigenvalue weighted by molar-refractivity contribution is 9.10. The summed E-state index contributed by atoms with van der Waals surface area (Å²) in [5.41, 5.74) is 0.661. The van der Waals surface area contributed by atoms with Gasteiger partial charge in [-0.3, -0.25) is 9.59 Å². The molecule has 3 aliphatic rings. The fraction of sp³-hybridized carbons (Fsp3) is 0.667. The summed E-state index contributed by atoms with van der Waals surface area (Å²) >= 11 is 3.42. The molecule has 2 amide bonds. The van der Waals surface area contributed by atoms with Crippen molar-refractivity contribution in [1.29, 1.82) is 0 Å². The molecule has 3 saturated heterocycles. The smallest absolute Gasteiger partial charge is 0.254 e. The van der Waals surface area contributed by atoms with Gasteiger partial charge in [-0.05, 0) is 81.8 Å². The topological polar surface area (TPSA) is 43.9 Å². The van der Waals surface area contributed by atoms with E-state index >= 15 is 0 Å². The van der Waals surface area contributed by atoms with Crippen LogP contribution >= 0.6 is 15.9 Å². The molecule has 0 saturated carbocycles. The van der Waals surface area contributed by atoms with Gasteiger partial charge in [-0.15, -0.1) is 0 Å². The third kappa shape index (κ3) is 5.25. The molecular weight excluding hydrogens is 442 g/mol. The molecule has 1 atom stereocenters. The maximum absolute atomic E-state index is 13.3. The molecule has 3 heterocycles. The molecule has 0 radical (unpaired) electrons. The maximum atomic E-state index is 13.3. The molecule has 0 aromatic heterocycles. The molecule has 4 rings (SSSR count). The number of likely N-dealkylation sites (tertiary alicyclic amines) is 3. The van der Waals surface area contributed by atoms with E-state index in [4.69, 9.17) is 0 Å². The number of hydrogen-bond donors (Lipinski definition) is 0. The Kier molecular flexibility index (Phi) is 7.47. The summed E-state index contributed by atoms with van der Waals surface area (Å²) < 4.78 is 0.955. The molecule has 1 aromatic carbocycles. The van der Waals surface area contributed by atoms with Crippen LogP contribution in [0.4, 0.5) is 0 Å². The summed E-state index contributed by atoms with van der Waals surface area (Å²) in [7, 11) is 0. The van der Waals surface area contributed by atoms with Crippen LogP contribution in [0.1, 0.15) is 61.7 Å². The van der Waals surface area contributed by atoms with Gasteiger partial charge in [0.15, 0.2) is 0 Å². The number of rotatable bonds is 4. The zero-order chi connectivity index (χ0) is 20.9. The first-order chi connectivity index (χ1) is 14.6. The van der Waals surface area contributed by atoms with E-state index in [-0.39, 0.29) is 17.9 Å². The summed E-state index contributed by atoms with van der Waals surface area (Å²) in [6.07, 6.45) is 9.30. The SMILES string of the molecule is O=C(C1CCCN1C(=O)c1ccc(Br)cc1)N1CCC(CN2CCCCCC2)CC1. The van der Waals surface area contributed by atoms with Gasteiger partial charge in [0, 0.05) is 36.2 Å². The highest BCUT2D eigenvalue weighted by Gasteiger charge is 2.38. The van der Waals surface area contributed by atoms with E-state index in [1.807, 2.05) is 29.2 Å². The van der Waals surface area contributed by atoms with Crippen molar-refractivity contribution < 1.29 is 9.59 Å². The molecule has 3 aliphatic heterocycles. The van der Waals surface area contributed by atoms with Crippen molar-refractivity contribution in [2.24, 2.45) is 5.92 Å². The molecule has 6 heteroatoms. The second kappa shape index (κ2) is 10.3. The Labute approximate surface area is 188 Å². The average molecular weight is 476 g/mol. The summed E-state index contributed by atoms with van der Waals surface area (Å²) in [5.74, 6) is 0.844. The molecule has 3 fully saturated rings. The number of nitrogens with zero attached hydrogens (tertiary/aromatic N) is 3. The fourth-order valence-electron chi connectivity index (χ4n) is 5.26. The normalized spacial score (nSPS) is 24.1. The van der Waals surface area contributed by atoms with Gasteiger partial charge in [0.05, 0.1) is 0 Å². The van der Waals surface area contributed by atoms with Crippen molar-refractivity contribution >= 4 is 27.7 Å². The number of carbonyl (C=O) groups is 2. The summed E-state index contributed by atoms with van der Waals surface area (Å²) in [6, 6.07) is 7.15. The Morgan fingerprint density at radius 1 is 0.833 bits per heavy atom. The quantitative estimate of drug-likeness (QED) is 0.656. The van der Waals surface area contributed by atoms with Gasteiger partial charge in [-0.25, -0.2) is 0 Å². The number of hydrogen-bond acceptors (Lipinski definition) is 3. The molecular formula is C24H34BrN3O2. The van der Waals surface area contributed by atoms with Crippen LogP contribution in [0.15, 0.2) is 28.7 Å². The predicted molar refractivity (Wildman–Crippen MR) is 122 cm³/mol. The maximum Gasteiger partial charge on any atom is 0.254 e. The fourth-order valence-corrected chi connectivity index (χ4v) is 5.52. The van der Waals surface area contributed by atoms with Crippen molar-refractivity contribution in [3.8, 4) is 0 Å². The highest BCUT2D eigenvalue weighted by Crippen LogP contribution is 2.26. The Morgan fingerprint density at radius 3 is 2.17 bits per heavy atom. The van der Waals surface area contributed by atoms with Crippen LogP contribution in [-0.4, -0.2) is 71.8 Å².